The van der Waals surface area contributed by atoms with Crippen molar-refractivity contribution in [1.29, 1.82) is 0 Å². The van der Waals surface area contributed by atoms with E-state index in [-0.39, 0.29) is 36.5 Å². The zero-order chi connectivity index (χ0) is 12.5. The van der Waals surface area contributed by atoms with Crippen molar-refractivity contribution in [1.82, 2.24) is 15.1 Å². The van der Waals surface area contributed by atoms with Crippen molar-refractivity contribution in [2.24, 2.45) is 13.0 Å². The Morgan fingerprint density at radius 1 is 1.30 bits per heavy atom. The number of aromatic nitrogens is 2. The Morgan fingerprint density at radius 2 is 2.00 bits per heavy atom. The van der Waals surface area contributed by atoms with Crippen molar-refractivity contribution in [2.75, 3.05) is 13.1 Å². The third kappa shape index (κ3) is 3.14. The average Bonchev–Trinajstić information content (AvgIpc) is 2.80. The third-order valence-corrected chi connectivity index (χ3v) is 3.74. The summed E-state index contributed by atoms with van der Waals surface area (Å²) in [4.78, 5) is 12.4. The SMILES string of the molecule is Cl.Cl.Cn1ncc2ccc(C(=O)C3CCNCC3)cc21. The summed E-state index contributed by atoms with van der Waals surface area (Å²) in [5, 5.41) is 8.58. The van der Waals surface area contributed by atoms with Gasteiger partial charge in [0.05, 0.1) is 11.7 Å². The standard InChI is InChI=1S/C14H17N3O.2ClH/c1-17-13-8-11(2-3-12(13)9-16-17)14(18)10-4-6-15-7-5-10;;/h2-3,8-10,15H,4-7H2,1H3;2*1H. The summed E-state index contributed by atoms with van der Waals surface area (Å²) in [5.41, 5.74) is 1.84. The number of benzene rings is 1. The lowest BCUT2D eigenvalue weighted by Crippen LogP contribution is -2.31. The number of carbonyl (C=O) groups excluding carboxylic acids is 1. The molecule has 2 heterocycles. The Labute approximate surface area is 130 Å². The van der Waals surface area contributed by atoms with Crippen LogP contribution in [0.2, 0.25) is 0 Å². The fraction of sp³-hybridized carbons (Fsp3) is 0.429. The third-order valence-electron chi connectivity index (χ3n) is 3.74. The smallest absolute Gasteiger partial charge is 0.166 e. The molecule has 0 bridgehead atoms. The molecule has 1 aromatic carbocycles. The van der Waals surface area contributed by atoms with Crippen LogP contribution >= 0.6 is 24.8 Å². The van der Waals surface area contributed by atoms with E-state index in [1.165, 1.54) is 0 Å². The van der Waals surface area contributed by atoms with Gasteiger partial charge >= 0.3 is 0 Å². The number of ketones is 1. The monoisotopic (exact) mass is 315 g/mol. The fourth-order valence-electron chi connectivity index (χ4n) is 2.62. The molecule has 0 aliphatic carbocycles. The molecule has 1 aliphatic heterocycles. The molecule has 3 rings (SSSR count). The van der Waals surface area contributed by atoms with Gasteiger partial charge in [0.1, 0.15) is 0 Å². The number of carbonyl (C=O) groups is 1. The molecular formula is C14H19Cl2N3O. The Bertz CT molecular complexity index is 591. The number of halogens is 2. The normalized spacial score (nSPS) is 15.4. The maximum atomic E-state index is 12.4. The summed E-state index contributed by atoms with van der Waals surface area (Å²) in [5.74, 6) is 0.455. The predicted octanol–water partition coefficient (Wildman–Crippen LogP) is 2.60. The summed E-state index contributed by atoms with van der Waals surface area (Å²) in [7, 11) is 1.90. The highest BCUT2D eigenvalue weighted by Crippen LogP contribution is 2.21. The topological polar surface area (TPSA) is 46.9 Å². The van der Waals surface area contributed by atoms with E-state index in [0.29, 0.717) is 0 Å². The van der Waals surface area contributed by atoms with Gasteiger partial charge in [0, 0.05) is 23.9 Å². The van der Waals surface area contributed by atoms with Crippen LogP contribution in [-0.4, -0.2) is 28.7 Å². The zero-order valence-electron chi connectivity index (χ0n) is 11.3. The molecule has 1 saturated heterocycles. The number of nitrogens with zero attached hydrogens (tertiary/aromatic N) is 2. The maximum absolute atomic E-state index is 12.4. The predicted molar refractivity (Wildman–Crippen MR) is 85.1 cm³/mol. The van der Waals surface area contributed by atoms with E-state index in [0.717, 1.165) is 42.4 Å². The highest BCUT2D eigenvalue weighted by Gasteiger charge is 2.22. The summed E-state index contributed by atoms with van der Waals surface area (Å²) >= 11 is 0. The number of rotatable bonds is 2. The maximum Gasteiger partial charge on any atom is 0.166 e. The minimum Gasteiger partial charge on any atom is -0.317 e. The minimum absolute atomic E-state index is 0. The number of Topliss-reactive ketones (excluding diaryl/α,β-unsaturated/α-hetero) is 1. The van der Waals surface area contributed by atoms with Crippen LogP contribution in [0.25, 0.3) is 10.9 Å². The number of piperidine rings is 1. The van der Waals surface area contributed by atoms with Crippen molar-refractivity contribution >= 4 is 41.5 Å². The molecular weight excluding hydrogens is 297 g/mol. The Morgan fingerprint density at radius 3 is 2.70 bits per heavy atom. The second-order valence-corrected chi connectivity index (χ2v) is 4.93. The molecule has 1 aliphatic rings. The first-order chi connectivity index (χ1) is 8.75. The largest absolute Gasteiger partial charge is 0.317 e. The lowest BCUT2D eigenvalue weighted by atomic mass is 9.89. The van der Waals surface area contributed by atoms with Crippen LogP contribution in [0.4, 0.5) is 0 Å². The molecule has 1 fully saturated rings. The molecule has 0 radical (unpaired) electrons. The van der Waals surface area contributed by atoms with E-state index in [9.17, 15) is 4.79 Å². The zero-order valence-corrected chi connectivity index (χ0v) is 13.0. The molecule has 1 N–H and O–H groups in total. The molecule has 0 saturated carbocycles. The van der Waals surface area contributed by atoms with Gasteiger partial charge in [-0.1, -0.05) is 12.1 Å². The molecule has 1 aromatic heterocycles. The van der Waals surface area contributed by atoms with Crippen molar-refractivity contribution in [3.8, 4) is 0 Å². The molecule has 2 aromatic rings. The van der Waals surface area contributed by atoms with Gasteiger partial charge in [-0.2, -0.15) is 5.10 Å². The molecule has 6 heteroatoms. The van der Waals surface area contributed by atoms with Crippen LogP contribution in [0.15, 0.2) is 24.4 Å². The second-order valence-electron chi connectivity index (χ2n) is 4.93. The van der Waals surface area contributed by atoms with Gasteiger partial charge < -0.3 is 5.32 Å². The van der Waals surface area contributed by atoms with Crippen molar-refractivity contribution < 1.29 is 4.79 Å². The summed E-state index contributed by atoms with van der Waals surface area (Å²) in [6, 6.07) is 5.87. The summed E-state index contributed by atoms with van der Waals surface area (Å²) in [6.45, 7) is 1.90. The first kappa shape index (κ1) is 17.0. The Hall–Kier alpha value is -1.10. The van der Waals surface area contributed by atoms with Crippen LogP contribution < -0.4 is 5.32 Å². The van der Waals surface area contributed by atoms with Gasteiger partial charge in [-0.25, -0.2) is 0 Å². The van der Waals surface area contributed by atoms with Gasteiger partial charge in [0.2, 0.25) is 0 Å². The van der Waals surface area contributed by atoms with Crippen molar-refractivity contribution in [3.63, 3.8) is 0 Å². The van der Waals surface area contributed by atoms with Crippen molar-refractivity contribution in [2.45, 2.75) is 12.8 Å². The fourth-order valence-corrected chi connectivity index (χ4v) is 2.62. The van der Waals surface area contributed by atoms with Crippen LogP contribution in [0.5, 0.6) is 0 Å². The van der Waals surface area contributed by atoms with Crippen LogP contribution in [0.3, 0.4) is 0 Å². The molecule has 0 spiro atoms. The van der Waals surface area contributed by atoms with E-state index < -0.39 is 0 Å². The number of aryl methyl sites for hydroxylation is 1. The van der Waals surface area contributed by atoms with E-state index in [4.69, 9.17) is 0 Å². The van der Waals surface area contributed by atoms with Crippen LogP contribution in [-0.2, 0) is 7.05 Å². The van der Waals surface area contributed by atoms with E-state index in [1.54, 1.807) is 0 Å². The molecule has 20 heavy (non-hydrogen) atoms. The van der Waals surface area contributed by atoms with Gasteiger partial charge in [0.25, 0.3) is 0 Å². The molecule has 0 unspecified atom stereocenters. The van der Waals surface area contributed by atoms with E-state index >= 15 is 0 Å². The first-order valence-electron chi connectivity index (χ1n) is 6.42. The number of fused-ring (bicyclic) bond motifs is 1. The van der Waals surface area contributed by atoms with Crippen LogP contribution in [0.1, 0.15) is 23.2 Å². The van der Waals surface area contributed by atoms with E-state index in [2.05, 4.69) is 10.4 Å². The van der Waals surface area contributed by atoms with Gasteiger partial charge in [-0.05, 0) is 32.0 Å². The lowest BCUT2D eigenvalue weighted by molar-refractivity contribution is 0.0895. The molecule has 0 amide bonds. The second kappa shape index (κ2) is 7.07. The molecule has 110 valence electrons. The van der Waals surface area contributed by atoms with Gasteiger partial charge in [0.15, 0.2) is 5.78 Å². The van der Waals surface area contributed by atoms with Crippen molar-refractivity contribution in [3.05, 3.63) is 30.0 Å². The summed E-state index contributed by atoms with van der Waals surface area (Å²) in [6.07, 6.45) is 3.72. The Balaban J connectivity index is 0.000001000. The Kier molecular flexibility index (Phi) is 5.99. The number of hydrogen-bond acceptors (Lipinski definition) is 3. The quantitative estimate of drug-likeness (QED) is 0.866. The van der Waals surface area contributed by atoms with E-state index in [1.807, 2.05) is 36.1 Å². The highest BCUT2D eigenvalue weighted by atomic mass is 35.5. The van der Waals surface area contributed by atoms with Gasteiger partial charge in [-0.3, -0.25) is 9.48 Å². The molecule has 4 nitrogen and oxygen atoms in total. The lowest BCUT2D eigenvalue weighted by Gasteiger charge is -2.21. The highest BCUT2D eigenvalue weighted by molar-refractivity contribution is 6.00. The molecule has 0 atom stereocenters. The number of hydrogen-bond donors (Lipinski definition) is 1. The minimum atomic E-state index is 0. The number of nitrogens with one attached hydrogen (secondary N) is 1. The van der Waals surface area contributed by atoms with Gasteiger partial charge in [-0.15, -0.1) is 24.8 Å². The summed E-state index contributed by atoms with van der Waals surface area (Å²) < 4.78 is 1.81. The average molecular weight is 316 g/mol. The first-order valence-corrected chi connectivity index (χ1v) is 6.42. The van der Waals surface area contributed by atoms with Crippen LogP contribution in [0, 0.1) is 5.92 Å².